The highest BCUT2D eigenvalue weighted by Crippen LogP contribution is 2.52. The summed E-state index contributed by atoms with van der Waals surface area (Å²) in [6.45, 7) is 1.29. The molecule has 1 saturated heterocycles. The van der Waals surface area contributed by atoms with E-state index in [0.717, 1.165) is 42.7 Å². The zero-order chi connectivity index (χ0) is 21.4. The minimum Gasteiger partial charge on any atom is -0.504 e. The molecule has 4 atom stereocenters. The number of phenolic OH excluding ortho intramolecular Hbond substituents is 1. The van der Waals surface area contributed by atoms with E-state index in [2.05, 4.69) is 28.9 Å². The number of anilines is 1. The number of hydrogen-bond donors (Lipinski definition) is 3. The zero-order valence-electron chi connectivity index (χ0n) is 17.6. The van der Waals surface area contributed by atoms with E-state index in [1.165, 1.54) is 0 Å². The first-order chi connectivity index (χ1) is 15.2. The van der Waals surface area contributed by atoms with Gasteiger partial charge >= 0.3 is 0 Å². The molecular weight excluding hydrogens is 392 g/mol. The number of ether oxygens (including phenoxy) is 2. The van der Waals surface area contributed by atoms with Gasteiger partial charge in [0.15, 0.2) is 11.5 Å². The lowest BCUT2D eigenvalue weighted by Crippen LogP contribution is -2.34. The van der Waals surface area contributed by atoms with E-state index in [-0.39, 0.29) is 35.6 Å². The number of rotatable bonds is 5. The number of methoxy groups -OCH3 is 1. The van der Waals surface area contributed by atoms with Gasteiger partial charge in [-0.25, -0.2) is 0 Å². The van der Waals surface area contributed by atoms with Gasteiger partial charge in [0.05, 0.1) is 30.5 Å². The number of carbonyl (C=O) groups excluding carboxylic acids is 1. The predicted molar refractivity (Wildman–Crippen MR) is 119 cm³/mol. The van der Waals surface area contributed by atoms with Gasteiger partial charge in [0.1, 0.15) is 0 Å². The van der Waals surface area contributed by atoms with Crippen molar-refractivity contribution in [3.8, 4) is 11.5 Å². The Kier molecular flexibility index (Phi) is 5.32. The molecule has 6 heteroatoms. The van der Waals surface area contributed by atoms with E-state index in [1.807, 2.05) is 24.3 Å². The number of allylic oxidation sites excluding steroid dienone is 2. The van der Waals surface area contributed by atoms with Gasteiger partial charge in [-0.3, -0.25) is 4.79 Å². The second-order valence-corrected chi connectivity index (χ2v) is 8.49. The lowest BCUT2D eigenvalue weighted by atomic mass is 9.76. The molecule has 5 rings (SSSR count). The fourth-order valence-corrected chi connectivity index (χ4v) is 5.18. The van der Waals surface area contributed by atoms with Gasteiger partial charge in [0.2, 0.25) is 0 Å². The van der Waals surface area contributed by atoms with Gasteiger partial charge in [-0.15, -0.1) is 0 Å². The monoisotopic (exact) mass is 420 g/mol. The maximum Gasteiger partial charge on any atom is 0.253 e. The first-order valence-corrected chi connectivity index (χ1v) is 11.0. The molecule has 31 heavy (non-hydrogen) atoms. The average Bonchev–Trinajstić information content (AvgIpc) is 3.49. The minimum absolute atomic E-state index is 0.0973. The van der Waals surface area contributed by atoms with Crippen molar-refractivity contribution in [3.63, 3.8) is 0 Å². The van der Waals surface area contributed by atoms with E-state index < -0.39 is 0 Å². The van der Waals surface area contributed by atoms with Crippen LogP contribution in [0.2, 0.25) is 0 Å². The summed E-state index contributed by atoms with van der Waals surface area (Å²) >= 11 is 0. The average molecular weight is 421 g/mol. The Morgan fingerprint density at radius 1 is 1.26 bits per heavy atom. The second kappa shape index (κ2) is 8.27. The quantitative estimate of drug-likeness (QED) is 0.634. The summed E-state index contributed by atoms with van der Waals surface area (Å²) < 4.78 is 11.0. The van der Waals surface area contributed by atoms with Crippen molar-refractivity contribution in [3.05, 3.63) is 65.2 Å². The molecule has 0 aromatic heterocycles. The molecule has 2 aliphatic heterocycles. The lowest BCUT2D eigenvalue weighted by Gasteiger charge is -2.38. The van der Waals surface area contributed by atoms with Crippen LogP contribution in [0.1, 0.15) is 52.7 Å². The van der Waals surface area contributed by atoms with Crippen LogP contribution in [0, 0.1) is 5.92 Å². The molecule has 0 spiro atoms. The Labute approximate surface area is 182 Å². The van der Waals surface area contributed by atoms with Crippen molar-refractivity contribution in [1.29, 1.82) is 0 Å². The van der Waals surface area contributed by atoms with E-state index in [1.54, 1.807) is 13.2 Å². The van der Waals surface area contributed by atoms with Crippen LogP contribution >= 0.6 is 0 Å². The van der Waals surface area contributed by atoms with Crippen molar-refractivity contribution in [2.75, 3.05) is 25.6 Å². The minimum atomic E-state index is -0.130. The van der Waals surface area contributed by atoms with Gasteiger partial charge in [0.25, 0.3) is 5.91 Å². The van der Waals surface area contributed by atoms with E-state index in [9.17, 15) is 9.90 Å². The molecule has 3 aliphatic rings. The second-order valence-electron chi connectivity index (χ2n) is 8.49. The number of fused-ring (bicyclic) bond motifs is 3. The number of amides is 1. The Bertz CT molecular complexity index is 1010. The van der Waals surface area contributed by atoms with Crippen LogP contribution in [0.4, 0.5) is 5.69 Å². The van der Waals surface area contributed by atoms with Gasteiger partial charge in [-0.2, -0.15) is 0 Å². The van der Waals surface area contributed by atoms with Crippen LogP contribution < -0.4 is 15.4 Å². The highest BCUT2D eigenvalue weighted by atomic mass is 16.5. The maximum absolute atomic E-state index is 13.1. The smallest absolute Gasteiger partial charge is 0.253 e. The van der Waals surface area contributed by atoms with Gasteiger partial charge in [0, 0.05) is 24.6 Å². The Balaban J connectivity index is 1.48. The summed E-state index contributed by atoms with van der Waals surface area (Å²) in [5.74, 6) is 0.953. The number of benzene rings is 2. The predicted octanol–water partition coefficient (Wildman–Crippen LogP) is 4.14. The molecule has 2 aromatic carbocycles. The Morgan fingerprint density at radius 3 is 2.90 bits per heavy atom. The van der Waals surface area contributed by atoms with Crippen LogP contribution in [-0.4, -0.2) is 37.4 Å². The molecule has 2 heterocycles. The molecule has 1 aliphatic carbocycles. The third kappa shape index (κ3) is 3.55. The summed E-state index contributed by atoms with van der Waals surface area (Å²) in [6.07, 6.45) is 7.46. The Morgan fingerprint density at radius 2 is 2.10 bits per heavy atom. The third-order valence-electron chi connectivity index (χ3n) is 6.74. The van der Waals surface area contributed by atoms with Gasteiger partial charge in [-0.05, 0) is 42.9 Å². The summed E-state index contributed by atoms with van der Waals surface area (Å²) in [5, 5.41) is 17.5. The highest BCUT2D eigenvalue weighted by Gasteiger charge is 2.40. The number of hydrogen-bond acceptors (Lipinski definition) is 5. The van der Waals surface area contributed by atoms with E-state index >= 15 is 0 Å². The topological polar surface area (TPSA) is 79.8 Å². The number of carbonyl (C=O) groups is 1. The first kappa shape index (κ1) is 19.9. The molecule has 3 N–H and O–H groups in total. The molecule has 0 bridgehead atoms. The molecule has 2 aromatic rings. The van der Waals surface area contributed by atoms with Crippen molar-refractivity contribution in [2.24, 2.45) is 5.92 Å². The summed E-state index contributed by atoms with van der Waals surface area (Å²) in [4.78, 5) is 13.1. The number of aromatic hydroxyl groups is 1. The SMILES string of the molecule is COc1cccc(C2Nc3c(C(=O)NCC4CCCO4)cccc3C3C=CCC32)c1O. The normalized spacial score (nSPS) is 26.1. The molecule has 1 fully saturated rings. The van der Waals surface area contributed by atoms with Crippen molar-refractivity contribution in [1.82, 2.24) is 5.32 Å². The lowest BCUT2D eigenvalue weighted by molar-refractivity contribution is 0.0858. The number of phenols is 1. The molecule has 0 saturated carbocycles. The summed E-state index contributed by atoms with van der Waals surface area (Å²) in [7, 11) is 1.55. The fraction of sp³-hybridized carbons (Fsp3) is 0.400. The van der Waals surface area contributed by atoms with Crippen molar-refractivity contribution in [2.45, 2.75) is 37.3 Å². The highest BCUT2D eigenvalue weighted by molar-refractivity contribution is 6.00. The number of nitrogens with one attached hydrogen (secondary N) is 2. The van der Waals surface area contributed by atoms with Gasteiger partial charge < -0.3 is 25.2 Å². The maximum atomic E-state index is 13.1. The molecule has 1 amide bonds. The van der Waals surface area contributed by atoms with Gasteiger partial charge in [-0.1, -0.05) is 36.4 Å². The van der Waals surface area contributed by atoms with Crippen LogP contribution in [0.15, 0.2) is 48.6 Å². The van der Waals surface area contributed by atoms with Crippen LogP contribution in [0.3, 0.4) is 0 Å². The number of para-hydroxylation sites is 2. The molecule has 4 unspecified atom stereocenters. The Hall–Kier alpha value is -2.99. The summed E-state index contributed by atoms with van der Waals surface area (Å²) in [5.41, 5.74) is 3.38. The third-order valence-corrected chi connectivity index (χ3v) is 6.74. The largest absolute Gasteiger partial charge is 0.504 e. The van der Waals surface area contributed by atoms with E-state index in [4.69, 9.17) is 9.47 Å². The molecule has 6 nitrogen and oxygen atoms in total. The molecular formula is C25H28N2O4. The standard InChI is InChI=1S/C25H28N2O4/c1-30-21-12-4-10-19(24(21)28)22-17-8-2-7-16(17)18-9-3-11-20(23(18)27-22)25(29)26-14-15-6-5-13-31-15/h2-4,7,9-12,15-17,22,27-28H,5-6,8,13-14H2,1H3,(H,26,29). The molecule has 0 radical (unpaired) electrons. The summed E-state index contributed by atoms with van der Waals surface area (Å²) in [6, 6.07) is 11.3. The van der Waals surface area contributed by atoms with Crippen LogP contribution in [0.5, 0.6) is 11.5 Å². The van der Waals surface area contributed by atoms with Crippen molar-refractivity contribution < 1.29 is 19.4 Å². The molecule has 162 valence electrons. The van der Waals surface area contributed by atoms with Crippen LogP contribution in [-0.2, 0) is 4.74 Å². The first-order valence-electron chi connectivity index (χ1n) is 11.0. The fourth-order valence-electron chi connectivity index (χ4n) is 5.18. The van der Waals surface area contributed by atoms with Crippen molar-refractivity contribution >= 4 is 11.6 Å². The van der Waals surface area contributed by atoms with E-state index in [0.29, 0.717) is 17.9 Å². The zero-order valence-corrected chi connectivity index (χ0v) is 17.6. The van der Waals surface area contributed by atoms with Crippen LogP contribution in [0.25, 0.3) is 0 Å².